The van der Waals surface area contributed by atoms with E-state index < -0.39 is 65.4 Å². The topological polar surface area (TPSA) is 316 Å². The summed E-state index contributed by atoms with van der Waals surface area (Å²) in [5.41, 5.74) is 2.02. The molecule has 6 rings (SSSR count). The van der Waals surface area contributed by atoms with Gasteiger partial charge in [-0.05, 0) is 61.1 Å². The molecule has 7 N–H and O–H groups in total. The molecule has 346 valence electrons. The minimum Gasteiger partial charge on any atom is -0.491 e. The van der Waals surface area contributed by atoms with E-state index in [-0.39, 0.29) is 18.7 Å². The monoisotopic (exact) mass is 972 g/mol. The quantitative estimate of drug-likeness (QED) is 0.0525. The standard InChI is InChI=1S/C20H23N5O6S2.C19H21N5O6S2/c1-11(2)10-31-15-7-12(3)5-6-13(15)22-18(28)24-19-21-8-16(32-19)33(29,30)20-23-14(17(26)27)9-25(20)4;1-10(2)9-30-14-6-11(3)4-5-12(14)22-17(27)24-18-20-8-15(31-18)32(28,29)19-21-7-13(23-19)16(25)26/h5-9,11H,10H2,1-4H3,(H,26,27)(H2,21,22,24,28);4-8,10H,9H2,1-3H3,(H,21,23)(H,25,26)(H2,20,22,24,27). The van der Waals surface area contributed by atoms with Crippen LogP contribution in [0.25, 0.3) is 0 Å². The fourth-order valence-corrected chi connectivity index (χ4v) is 9.88. The zero-order chi connectivity index (χ0) is 47.8. The number of urea groups is 2. The van der Waals surface area contributed by atoms with Crippen molar-refractivity contribution in [3.63, 3.8) is 0 Å². The number of aryl methyl sites for hydroxylation is 3. The van der Waals surface area contributed by atoms with E-state index in [0.717, 1.165) is 51.8 Å². The molecule has 0 atom stereocenters. The van der Waals surface area contributed by atoms with Gasteiger partial charge in [-0.2, -0.15) is 0 Å². The summed E-state index contributed by atoms with van der Waals surface area (Å²) in [5, 5.41) is 27.4. The van der Waals surface area contributed by atoms with Crippen molar-refractivity contribution in [2.24, 2.45) is 18.9 Å². The molecule has 0 aliphatic heterocycles. The van der Waals surface area contributed by atoms with Crippen molar-refractivity contribution in [2.45, 2.75) is 60.3 Å². The van der Waals surface area contributed by atoms with Gasteiger partial charge in [-0.3, -0.25) is 10.6 Å². The van der Waals surface area contributed by atoms with Crippen LogP contribution in [0.1, 0.15) is 59.8 Å². The number of aromatic nitrogens is 6. The zero-order valence-corrected chi connectivity index (χ0v) is 39.0. The van der Waals surface area contributed by atoms with Crippen LogP contribution in [0, 0.1) is 25.7 Å². The molecule has 22 nitrogen and oxygen atoms in total. The summed E-state index contributed by atoms with van der Waals surface area (Å²) >= 11 is 1.42. The smallest absolute Gasteiger partial charge is 0.356 e. The number of hydrogen-bond donors (Lipinski definition) is 7. The van der Waals surface area contributed by atoms with Gasteiger partial charge in [-0.1, -0.05) is 62.5 Å². The third-order valence-corrected chi connectivity index (χ3v) is 14.3. The lowest BCUT2D eigenvalue weighted by atomic mass is 10.2. The molecule has 4 heterocycles. The molecule has 4 aromatic heterocycles. The molecule has 2 aromatic carbocycles. The van der Waals surface area contributed by atoms with Crippen LogP contribution < -0.4 is 30.7 Å². The van der Waals surface area contributed by atoms with E-state index in [1.54, 1.807) is 18.2 Å². The summed E-state index contributed by atoms with van der Waals surface area (Å²) in [7, 11) is -6.87. The highest BCUT2D eigenvalue weighted by molar-refractivity contribution is 7.93. The Kier molecular flexibility index (Phi) is 15.7. The number of thiazole rings is 2. The van der Waals surface area contributed by atoms with Crippen LogP contribution in [0.2, 0.25) is 0 Å². The molecule has 0 saturated carbocycles. The van der Waals surface area contributed by atoms with Crippen LogP contribution in [0.5, 0.6) is 11.5 Å². The van der Waals surface area contributed by atoms with Gasteiger partial charge in [0.25, 0.3) is 19.7 Å². The van der Waals surface area contributed by atoms with Gasteiger partial charge in [0.2, 0.25) is 10.3 Å². The highest BCUT2D eigenvalue weighted by Crippen LogP contribution is 2.31. The van der Waals surface area contributed by atoms with E-state index in [1.165, 1.54) is 7.05 Å². The molecule has 0 aliphatic carbocycles. The average Bonchev–Trinajstić information content (AvgIpc) is 4.06. The first-order valence-corrected chi connectivity index (χ1v) is 23.7. The molecule has 6 aromatic rings. The maximum absolute atomic E-state index is 12.8. The summed E-state index contributed by atoms with van der Waals surface area (Å²) in [5.74, 6) is -1.07. The Hall–Kier alpha value is -6.90. The number of aromatic amines is 1. The predicted octanol–water partition coefficient (Wildman–Crippen LogP) is 6.78. The minimum atomic E-state index is -4.13. The van der Waals surface area contributed by atoms with Gasteiger partial charge < -0.3 is 39.9 Å². The van der Waals surface area contributed by atoms with E-state index in [1.807, 2.05) is 59.7 Å². The maximum atomic E-state index is 12.8. The summed E-state index contributed by atoms with van der Waals surface area (Å²) in [6.45, 7) is 12.8. The molecule has 0 aliphatic rings. The summed E-state index contributed by atoms with van der Waals surface area (Å²) < 4.78 is 63.1. The number of nitrogens with zero attached hydrogens (tertiary/aromatic N) is 5. The minimum absolute atomic E-state index is 0.0304. The van der Waals surface area contributed by atoms with Gasteiger partial charge in [-0.15, -0.1) is 0 Å². The largest absolute Gasteiger partial charge is 0.491 e. The molecule has 0 saturated heterocycles. The number of carbonyl (C=O) groups excluding carboxylic acids is 2. The van der Waals surface area contributed by atoms with Crippen molar-refractivity contribution < 1.29 is 55.7 Å². The van der Waals surface area contributed by atoms with Gasteiger partial charge in [0.15, 0.2) is 21.7 Å². The second-order valence-corrected chi connectivity index (χ2v) is 21.0. The average molecular weight is 973 g/mol. The van der Waals surface area contributed by atoms with E-state index in [9.17, 15) is 36.0 Å². The van der Waals surface area contributed by atoms with Crippen molar-refractivity contribution in [2.75, 3.05) is 34.5 Å². The molecular formula is C39H44N10O12S4. The van der Waals surface area contributed by atoms with Crippen LogP contribution >= 0.6 is 22.7 Å². The number of sulfone groups is 2. The number of ether oxygens (including phenoxy) is 2. The second-order valence-electron chi connectivity index (χ2n) is 14.8. The van der Waals surface area contributed by atoms with Crippen molar-refractivity contribution in [3.05, 3.63) is 83.7 Å². The Balaban J connectivity index is 0.000000244. The van der Waals surface area contributed by atoms with E-state index in [2.05, 4.69) is 46.2 Å². The number of aromatic carboxylic acids is 2. The maximum Gasteiger partial charge on any atom is 0.356 e. The molecule has 0 spiro atoms. The van der Waals surface area contributed by atoms with E-state index in [0.29, 0.717) is 59.3 Å². The highest BCUT2D eigenvalue weighted by atomic mass is 32.2. The fraction of sp³-hybridized carbons (Fsp3) is 0.282. The number of hydrogen-bond acceptors (Lipinski definition) is 16. The third-order valence-electron chi connectivity index (χ3n) is 8.18. The summed E-state index contributed by atoms with van der Waals surface area (Å²) in [6.07, 6.45) is 4.21. The first-order valence-electron chi connectivity index (χ1n) is 19.1. The number of anilines is 4. The second kappa shape index (κ2) is 20.7. The molecule has 0 fully saturated rings. The van der Waals surface area contributed by atoms with Gasteiger partial charge in [0.05, 0.1) is 37.0 Å². The lowest BCUT2D eigenvalue weighted by Gasteiger charge is -2.14. The van der Waals surface area contributed by atoms with Gasteiger partial charge in [-0.25, -0.2) is 55.9 Å². The van der Waals surface area contributed by atoms with Gasteiger partial charge in [0.1, 0.15) is 19.9 Å². The number of carbonyl (C=O) groups is 4. The van der Waals surface area contributed by atoms with Crippen LogP contribution in [-0.2, 0) is 26.7 Å². The normalized spacial score (nSPS) is 11.4. The van der Waals surface area contributed by atoms with Crippen LogP contribution in [0.15, 0.2) is 79.9 Å². The van der Waals surface area contributed by atoms with Crippen molar-refractivity contribution in [3.8, 4) is 11.5 Å². The van der Waals surface area contributed by atoms with Gasteiger partial charge in [0, 0.05) is 19.4 Å². The number of carboxylic acids is 2. The van der Waals surface area contributed by atoms with E-state index >= 15 is 0 Å². The molecule has 26 heteroatoms. The Morgan fingerprint density at radius 3 is 1.58 bits per heavy atom. The molecule has 0 unspecified atom stereocenters. The van der Waals surface area contributed by atoms with Crippen molar-refractivity contribution in [1.29, 1.82) is 0 Å². The molecular weight excluding hydrogens is 929 g/mol. The molecule has 0 radical (unpaired) electrons. The van der Waals surface area contributed by atoms with Crippen LogP contribution in [0.3, 0.4) is 0 Å². The number of benzene rings is 2. The van der Waals surface area contributed by atoms with Crippen molar-refractivity contribution in [1.82, 2.24) is 29.5 Å². The Labute approximate surface area is 380 Å². The lowest BCUT2D eigenvalue weighted by molar-refractivity contribution is 0.0680. The Morgan fingerprint density at radius 2 is 1.17 bits per heavy atom. The highest BCUT2D eigenvalue weighted by Gasteiger charge is 2.29. The number of nitrogens with one attached hydrogen (secondary N) is 5. The first kappa shape index (κ1) is 49.1. The molecule has 65 heavy (non-hydrogen) atoms. The zero-order valence-electron chi connectivity index (χ0n) is 35.7. The molecule has 0 bridgehead atoms. The Morgan fingerprint density at radius 1 is 0.708 bits per heavy atom. The SMILES string of the molecule is Cc1ccc(NC(=O)Nc2ncc(S(=O)(=O)c3nc(C(=O)O)c[nH]3)s2)c(OCC(C)C)c1.Cc1ccc(NC(=O)Nc2ncc(S(=O)(=O)c3nc(C(=O)O)cn3C)s2)c(OCC(C)C)c1. The number of H-pyrrole nitrogens is 1. The molecule has 4 amide bonds. The van der Waals surface area contributed by atoms with Crippen LogP contribution in [0.4, 0.5) is 31.2 Å². The van der Waals surface area contributed by atoms with E-state index in [4.69, 9.17) is 19.7 Å². The van der Waals surface area contributed by atoms with Gasteiger partial charge >= 0.3 is 24.0 Å². The van der Waals surface area contributed by atoms with Crippen molar-refractivity contribution >= 4 is 88.0 Å². The predicted molar refractivity (Wildman–Crippen MR) is 239 cm³/mol. The summed E-state index contributed by atoms with van der Waals surface area (Å²) in [4.78, 5) is 64.3. The number of imidazole rings is 2. The fourth-order valence-electron chi connectivity index (χ4n) is 5.14. The number of amides is 4. The lowest BCUT2D eigenvalue weighted by Crippen LogP contribution is -2.20. The number of carboxylic acid groups (broad SMARTS) is 2. The summed E-state index contributed by atoms with van der Waals surface area (Å²) in [6, 6.07) is 9.42. The first-order chi connectivity index (χ1) is 30.5. The number of rotatable bonds is 16. The third kappa shape index (κ3) is 12.9. The Bertz CT molecular complexity index is 2940. The van der Waals surface area contributed by atoms with Crippen LogP contribution in [-0.4, -0.2) is 93.8 Å².